The molecule has 0 aliphatic rings. The van der Waals surface area contributed by atoms with Crippen molar-refractivity contribution in [2.24, 2.45) is 11.0 Å². The smallest absolute Gasteiger partial charge is 0.264 e. The Morgan fingerprint density at radius 3 is 2.16 bits per heavy atom. The predicted molar refractivity (Wildman–Crippen MR) is 153 cm³/mol. The van der Waals surface area contributed by atoms with Crippen molar-refractivity contribution >= 4 is 39.6 Å². The molecule has 0 saturated heterocycles. The number of nitrogens with zero attached hydrogens (tertiary/aromatic N) is 2. The fourth-order valence-electron chi connectivity index (χ4n) is 3.32. The van der Waals surface area contributed by atoms with Gasteiger partial charge in [-0.2, -0.15) is 5.10 Å². The molecule has 0 aliphatic heterocycles. The standard InChI is InChI=1S/C28H33N3O5S2/c1-5-35-24-12-8-23(9-13-24)31(38(33,34)27-16-14-26(37-4)15-17-27)19-28(32)30-29-18-22-6-10-25(11-7-22)36-20-21(2)3/h6-18,21H,5,19-20H2,1-4H3,(H,30,32)/b29-18-. The molecule has 0 bridgehead atoms. The first-order chi connectivity index (χ1) is 18.2. The quantitative estimate of drug-likeness (QED) is 0.177. The lowest BCUT2D eigenvalue weighted by atomic mass is 10.2. The zero-order valence-electron chi connectivity index (χ0n) is 22.0. The molecule has 202 valence electrons. The molecule has 3 rings (SSSR count). The van der Waals surface area contributed by atoms with Gasteiger partial charge in [-0.25, -0.2) is 13.8 Å². The summed E-state index contributed by atoms with van der Waals surface area (Å²) in [4.78, 5) is 13.8. The van der Waals surface area contributed by atoms with Crippen molar-refractivity contribution in [2.75, 3.05) is 30.3 Å². The van der Waals surface area contributed by atoms with Gasteiger partial charge in [0.25, 0.3) is 15.9 Å². The van der Waals surface area contributed by atoms with Crippen LogP contribution in [0, 0.1) is 5.92 Å². The van der Waals surface area contributed by atoms with Gasteiger partial charge in [0.1, 0.15) is 18.0 Å². The Morgan fingerprint density at radius 1 is 0.974 bits per heavy atom. The van der Waals surface area contributed by atoms with Crippen LogP contribution in [0.25, 0.3) is 0 Å². The van der Waals surface area contributed by atoms with Gasteiger partial charge in [0.15, 0.2) is 0 Å². The highest BCUT2D eigenvalue weighted by atomic mass is 32.2. The summed E-state index contributed by atoms with van der Waals surface area (Å²) in [6, 6.07) is 20.4. The van der Waals surface area contributed by atoms with Crippen LogP contribution in [0.4, 0.5) is 5.69 Å². The molecule has 38 heavy (non-hydrogen) atoms. The molecular weight excluding hydrogens is 522 g/mol. The van der Waals surface area contributed by atoms with Gasteiger partial charge in [-0.3, -0.25) is 9.10 Å². The van der Waals surface area contributed by atoms with Crippen molar-refractivity contribution in [3.63, 3.8) is 0 Å². The normalized spacial score (nSPS) is 11.5. The number of hydrogen-bond donors (Lipinski definition) is 1. The molecule has 0 heterocycles. The largest absolute Gasteiger partial charge is 0.494 e. The van der Waals surface area contributed by atoms with Crippen LogP contribution in [0.2, 0.25) is 0 Å². The Morgan fingerprint density at radius 2 is 1.58 bits per heavy atom. The van der Waals surface area contributed by atoms with E-state index in [-0.39, 0.29) is 4.90 Å². The molecule has 0 aliphatic carbocycles. The van der Waals surface area contributed by atoms with Gasteiger partial charge in [0.05, 0.1) is 30.0 Å². The fraction of sp³-hybridized carbons (Fsp3) is 0.286. The maximum absolute atomic E-state index is 13.6. The average molecular weight is 556 g/mol. The number of rotatable bonds is 13. The lowest BCUT2D eigenvalue weighted by Crippen LogP contribution is -2.39. The molecule has 0 fully saturated rings. The molecule has 0 saturated carbocycles. The number of sulfonamides is 1. The zero-order chi connectivity index (χ0) is 27.5. The molecule has 3 aromatic rings. The highest BCUT2D eigenvalue weighted by Crippen LogP contribution is 2.27. The van der Waals surface area contributed by atoms with Crippen molar-refractivity contribution in [3.05, 3.63) is 78.4 Å². The summed E-state index contributed by atoms with van der Waals surface area (Å²) in [6.07, 6.45) is 3.40. The van der Waals surface area contributed by atoms with Gasteiger partial charge in [-0.05, 0) is 97.5 Å². The number of carbonyl (C=O) groups excluding carboxylic acids is 1. The Kier molecular flexibility index (Phi) is 10.6. The molecule has 0 aromatic heterocycles. The van der Waals surface area contributed by atoms with Crippen molar-refractivity contribution in [3.8, 4) is 11.5 Å². The number of amides is 1. The molecule has 1 amide bonds. The Bertz CT molecular complexity index is 1310. The molecular formula is C28H33N3O5S2. The summed E-state index contributed by atoms with van der Waals surface area (Å²) in [5, 5.41) is 4.00. The summed E-state index contributed by atoms with van der Waals surface area (Å²) < 4.78 is 39.3. The number of hydrazone groups is 1. The van der Waals surface area contributed by atoms with E-state index < -0.39 is 22.5 Å². The minimum atomic E-state index is -4.04. The van der Waals surface area contributed by atoms with Crippen LogP contribution < -0.4 is 19.2 Å². The van der Waals surface area contributed by atoms with E-state index in [1.165, 1.54) is 30.1 Å². The maximum atomic E-state index is 13.6. The van der Waals surface area contributed by atoms with Crippen LogP contribution in [0.1, 0.15) is 26.3 Å². The number of ether oxygens (including phenoxy) is 2. The molecule has 8 nitrogen and oxygen atoms in total. The third-order valence-corrected chi connectivity index (χ3v) is 7.77. The van der Waals surface area contributed by atoms with Crippen LogP contribution in [0.15, 0.2) is 87.7 Å². The lowest BCUT2D eigenvalue weighted by Gasteiger charge is -2.24. The number of benzene rings is 3. The first-order valence-electron chi connectivity index (χ1n) is 12.2. The number of thioether (sulfide) groups is 1. The van der Waals surface area contributed by atoms with Crippen molar-refractivity contribution < 1.29 is 22.7 Å². The van der Waals surface area contributed by atoms with Crippen LogP contribution in [0.5, 0.6) is 11.5 Å². The lowest BCUT2D eigenvalue weighted by molar-refractivity contribution is -0.119. The van der Waals surface area contributed by atoms with E-state index in [0.717, 1.165) is 20.5 Å². The number of anilines is 1. The summed E-state index contributed by atoms with van der Waals surface area (Å²) in [5.41, 5.74) is 3.51. The Balaban J connectivity index is 1.75. The van der Waals surface area contributed by atoms with Gasteiger partial charge in [-0.1, -0.05) is 13.8 Å². The van der Waals surface area contributed by atoms with Gasteiger partial charge >= 0.3 is 0 Å². The second-order valence-corrected chi connectivity index (χ2v) is 11.4. The van der Waals surface area contributed by atoms with E-state index in [0.29, 0.717) is 30.6 Å². The van der Waals surface area contributed by atoms with E-state index in [1.54, 1.807) is 36.4 Å². The van der Waals surface area contributed by atoms with Crippen molar-refractivity contribution in [1.29, 1.82) is 0 Å². The number of carbonyl (C=O) groups is 1. The molecule has 0 radical (unpaired) electrons. The third-order valence-electron chi connectivity index (χ3n) is 5.24. The molecule has 10 heteroatoms. The summed E-state index contributed by atoms with van der Waals surface area (Å²) >= 11 is 1.51. The molecule has 1 N–H and O–H groups in total. The van der Waals surface area contributed by atoms with E-state index in [1.807, 2.05) is 37.4 Å². The minimum absolute atomic E-state index is 0.0836. The predicted octanol–water partition coefficient (Wildman–Crippen LogP) is 5.19. The van der Waals surface area contributed by atoms with Gasteiger partial charge in [-0.15, -0.1) is 11.8 Å². The minimum Gasteiger partial charge on any atom is -0.494 e. The fourth-order valence-corrected chi connectivity index (χ4v) is 5.15. The van der Waals surface area contributed by atoms with Crippen LogP contribution in [0.3, 0.4) is 0 Å². The molecule has 0 atom stereocenters. The Hall–Kier alpha value is -3.50. The van der Waals surface area contributed by atoms with Gasteiger partial charge in [0, 0.05) is 4.90 Å². The SMILES string of the molecule is CCOc1ccc(N(CC(=O)N/N=C\c2ccc(OCC(C)C)cc2)S(=O)(=O)c2ccc(SC)cc2)cc1. The van der Waals surface area contributed by atoms with E-state index in [2.05, 4.69) is 24.4 Å². The monoisotopic (exact) mass is 555 g/mol. The van der Waals surface area contributed by atoms with Gasteiger partial charge < -0.3 is 9.47 Å². The average Bonchev–Trinajstić information content (AvgIpc) is 2.92. The van der Waals surface area contributed by atoms with Crippen LogP contribution in [-0.2, 0) is 14.8 Å². The summed E-state index contributed by atoms with van der Waals surface area (Å²) in [5.74, 6) is 1.19. The highest BCUT2D eigenvalue weighted by Gasteiger charge is 2.27. The topological polar surface area (TPSA) is 97.3 Å². The van der Waals surface area contributed by atoms with Crippen LogP contribution >= 0.6 is 11.8 Å². The zero-order valence-corrected chi connectivity index (χ0v) is 23.6. The van der Waals surface area contributed by atoms with Crippen LogP contribution in [-0.4, -0.2) is 46.6 Å². The first kappa shape index (κ1) is 29.1. The van der Waals surface area contributed by atoms with Crippen molar-refractivity contribution in [1.82, 2.24) is 5.43 Å². The maximum Gasteiger partial charge on any atom is 0.264 e. The van der Waals surface area contributed by atoms with E-state index >= 15 is 0 Å². The second kappa shape index (κ2) is 13.9. The second-order valence-electron chi connectivity index (χ2n) is 8.68. The van der Waals surface area contributed by atoms with E-state index in [9.17, 15) is 13.2 Å². The van der Waals surface area contributed by atoms with Gasteiger partial charge in [0.2, 0.25) is 0 Å². The molecule has 0 unspecified atom stereocenters. The summed E-state index contributed by atoms with van der Waals surface area (Å²) in [7, 11) is -4.04. The summed E-state index contributed by atoms with van der Waals surface area (Å²) in [6.45, 7) is 6.67. The van der Waals surface area contributed by atoms with E-state index in [4.69, 9.17) is 9.47 Å². The molecule has 3 aromatic carbocycles. The number of nitrogens with one attached hydrogen (secondary N) is 1. The number of hydrogen-bond acceptors (Lipinski definition) is 7. The first-order valence-corrected chi connectivity index (χ1v) is 14.8. The Labute approximate surface area is 229 Å². The molecule has 0 spiro atoms. The third kappa shape index (κ3) is 8.26. The highest BCUT2D eigenvalue weighted by molar-refractivity contribution is 7.98. The van der Waals surface area contributed by atoms with Crippen molar-refractivity contribution in [2.45, 2.75) is 30.6 Å².